The van der Waals surface area contributed by atoms with E-state index < -0.39 is 0 Å². The van der Waals surface area contributed by atoms with Crippen molar-refractivity contribution in [3.8, 4) is 0 Å². The zero-order valence-electron chi connectivity index (χ0n) is 5.28. The summed E-state index contributed by atoms with van der Waals surface area (Å²) in [6, 6.07) is 0. The van der Waals surface area contributed by atoms with Crippen molar-refractivity contribution in [2.45, 2.75) is 30.6 Å². The van der Waals surface area contributed by atoms with E-state index in [2.05, 4.69) is 29.5 Å². The highest BCUT2D eigenvalue weighted by Crippen LogP contribution is 2.06. The van der Waals surface area contributed by atoms with Crippen LogP contribution in [0, 0.1) is 0 Å². The summed E-state index contributed by atoms with van der Waals surface area (Å²) in [6.07, 6.45) is 1.76. The lowest BCUT2D eigenvalue weighted by atomic mass is 10.2. The summed E-state index contributed by atoms with van der Waals surface area (Å²) in [5.74, 6) is 0.300. The van der Waals surface area contributed by atoms with Gasteiger partial charge in [-0.25, -0.2) is 0 Å². The number of hydrogen-bond donors (Lipinski definition) is 0. The van der Waals surface area contributed by atoms with E-state index in [1.54, 1.807) is 6.92 Å². The molecule has 0 aliphatic rings. The number of ketones is 1. The van der Waals surface area contributed by atoms with E-state index in [9.17, 15) is 4.79 Å². The molecule has 48 valence electrons. The van der Waals surface area contributed by atoms with Crippen molar-refractivity contribution in [1.82, 2.24) is 0 Å². The number of carbonyl (C=O) groups is 1. The van der Waals surface area contributed by atoms with Gasteiger partial charge in [0.05, 0.1) is 0 Å². The van der Waals surface area contributed by atoms with Crippen LogP contribution in [0.1, 0.15) is 26.7 Å². The molecule has 0 rings (SSSR count). The van der Waals surface area contributed by atoms with Crippen LogP contribution in [-0.4, -0.2) is 9.71 Å². The van der Waals surface area contributed by atoms with Crippen molar-refractivity contribution in [2.24, 2.45) is 0 Å². The molecule has 0 heterocycles. The van der Waals surface area contributed by atoms with E-state index in [1.807, 2.05) is 0 Å². The Kier molecular flexibility index (Phi) is 4.51. The van der Waals surface area contributed by atoms with Crippen LogP contribution in [0.3, 0.4) is 0 Å². The van der Waals surface area contributed by atoms with Crippen LogP contribution in [-0.2, 0) is 4.79 Å². The number of hydrogen-bond acceptors (Lipinski definition) is 1. The van der Waals surface area contributed by atoms with Crippen LogP contribution in [0.15, 0.2) is 0 Å². The first kappa shape index (κ1) is 8.40. The minimum absolute atomic E-state index is 0.300. The Morgan fingerprint density at radius 1 is 1.75 bits per heavy atom. The number of Topliss-reactive ketones (excluding diaryl/α,β-unsaturated/α-hetero) is 1. The van der Waals surface area contributed by atoms with Crippen LogP contribution >= 0.6 is 22.6 Å². The SMILES string of the molecule is CC(=O)CCC(C)I. The first-order valence-corrected chi connectivity index (χ1v) is 4.01. The molecular formula is C6H11IO. The summed E-state index contributed by atoms with van der Waals surface area (Å²) < 4.78 is 0.636. The molecule has 1 atom stereocenters. The standard InChI is InChI=1S/C6H11IO/c1-5(7)3-4-6(2)8/h5H,3-4H2,1-2H3. The topological polar surface area (TPSA) is 17.1 Å². The van der Waals surface area contributed by atoms with Gasteiger partial charge in [0.15, 0.2) is 0 Å². The van der Waals surface area contributed by atoms with Gasteiger partial charge in [-0.15, -0.1) is 0 Å². The Balaban J connectivity index is 3.05. The van der Waals surface area contributed by atoms with E-state index in [4.69, 9.17) is 0 Å². The fourth-order valence-electron chi connectivity index (χ4n) is 0.402. The lowest BCUT2D eigenvalue weighted by molar-refractivity contribution is -0.117. The maximum atomic E-state index is 10.3. The molecule has 0 aromatic heterocycles. The van der Waals surface area contributed by atoms with Crippen molar-refractivity contribution in [2.75, 3.05) is 0 Å². The monoisotopic (exact) mass is 226 g/mol. The quantitative estimate of drug-likeness (QED) is 0.532. The summed E-state index contributed by atoms with van der Waals surface area (Å²) in [5.41, 5.74) is 0. The summed E-state index contributed by atoms with van der Waals surface area (Å²) in [4.78, 5) is 10.3. The Labute approximate surface area is 64.0 Å². The van der Waals surface area contributed by atoms with Crippen LogP contribution in [0.2, 0.25) is 0 Å². The molecule has 8 heavy (non-hydrogen) atoms. The maximum absolute atomic E-state index is 10.3. The van der Waals surface area contributed by atoms with Crippen molar-refractivity contribution in [1.29, 1.82) is 0 Å². The highest BCUT2D eigenvalue weighted by molar-refractivity contribution is 14.1. The normalized spacial score (nSPS) is 13.4. The summed E-state index contributed by atoms with van der Waals surface area (Å²) in [5, 5.41) is 0. The van der Waals surface area contributed by atoms with Gasteiger partial charge in [0.2, 0.25) is 0 Å². The molecule has 0 spiro atoms. The summed E-state index contributed by atoms with van der Waals surface area (Å²) in [7, 11) is 0. The predicted molar refractivity (Wildman–Crippen MR) is 43.4 cm³/mol. The average molecular weight is 226 g/mol. The molecule has 0 radical (unpaired) electrons. The van der Waals surface area contributed by atoms with E-state index in [0.717, 1.165) is 12.8 Å². The first-order valence-electron chi connectivity index (χ1n) is 2.76. The lowest BCUT2D eigenvalue weighted by Crippen LogP contribution is -1.95. The van der Waals surface area contributed by atoms with Crippen LogP contribution in [0.25, 0.3) is 0 Å². The van der Waals surface area contributed by atoms with Gasteiger partial charge in [-0.3, -0.25) is 0 Å². The lowest BCUT2D eigenvalue weighted by Gasteiger charge is -1.96. The number of halogens is 1. The fraction of sp³-hybridized carbons (Fsp3) is 0.833. The third kappa shape index (κ3) is 6.40. The number of carbonyl (C=O) groups excluding carboxylic acids is 1. The van der Waals surface area contributed by atoms with Gasteiger partial charge < -0.3 is 4.79 Å². The molecule has 1 nitrogen and oxygen atoms in total. The van der Waals surface area contributed by atoms with E-state index in [1.165, 1.54) is 0 Å². The second kappa shape index (κ2) is 4.30. The average Bonchev–Trinajstić information content (AvgIpc) is 1.61. The Morgan fingerprint density at radius 2 is 2.25 bits per heavy atom. The second-order valence-corrected chi connectivity index (χ2v) is 4.15. The highest BCUT2D eigenvalue weighted by Gasteiger charge is 1.96. The smallest absolute Gasteiger partial charge is 0.129 e. The Morgan fingerprint density at radius 3 is 2.38 bits per heavy atom. The molecule has 0 bridgehead atoms. The van der Waals surface area contributed by atoms with Gasteiger partial charge in [-0.2, -0.15) is 0 Å². The number of alkyl halides is 1. The number of rotatable bonds is 3. The van der Waals surface area contributed by atoms with Gasteiger partial charge in [0.25, 0.3) is 0 Å². The molecule has 0 fully saturated rings. The minimum atomic E-state index is 0.300. The molecule has 0 aliphatic heterocycles. The van der Waals surface area contributed by atoms with Gasteiger partial charge in [0.1, 0.15) is 5.78 Å². The fourth-order valence-corrected chi connectivity index (χ4v) is 0.714. The zero-order chi connectivity index (χ0) is 6.57. The highest BCUT2D eigenvalue weighted by atomic mass is 127. The molecule has 0 N–H and O–H groups in total. The van der Waals surface area contributed by atoms with E-state index in [0.29, 0.717) is 9.71 Å². The van der Waals surface area contributed by atoms with Crippen molar-refractivity contribution in [3.05, 3.63) is 0 Å². The van der Waals surface area contributed by atoms with Crippen molar-refractivity contribution >= 4 is 28.4 Å². The second-order valence-electron chi connectivity index (χ2n) is 2.02. The van der Waals surface area contributed by atoms with Gasteiger partial charge >= 0.3 is 0 Å². The van der Waals surface area contributed by atoms with Crippen LogP contribution in [0.4, 0.5) is 0 Å². The van der Waals surface area contributed by atoms with Crippen molar-refractivity contribution < 1.29 is 4.79 Å². The molecule has 0 aromatic rings. The molecule has 1 unspecified atom stereocenters. The molecule has 0 saturated carbocycles. The van der Waals surface area contributed by atoms with Gasteiger partial charge in [-0.1, -0.05) is 29.5 Å². The zero-order valence-corrected chi connectivity index (χ0v) is 7.44. The molecule has 0 amide bonds. The molecule has 0 saturated heterocycles. The third-order valence-electron chi connectivity index (χ3n) is 0.894. The summed E-state index contributed by atoms with van der Waals surface area (Å²) in [6.45, 7) is 3.75. The molecule has 2 heteroatoms. The van der Waals surface area contributed by atoms with Crippen LogP contribution in [0.5, 0.6) is 0 Å². The summed E-state index contributed by atoms with van der Waals surface area (Å²) >= 11 is 2.32. The van der Waals surface area contributed by atoms with E-state index >= 15 is 0 Å². The van der Waals surface area contributed by atoms with Crippen molar-refractivity contribution in [3.63, 3.8) is 0 Å². The Hall–Kier alpha value is 0.400. The third-order valence-corrected chi connectivity index (χ3v) is 1.52. The van der Waals surface area contributed by atoms with Gasteiger partial charge in [-0.05, 0) is 13.3 Å². The van der Waals surface area contributed by atoms with E-state index in [-0.39, 0.29) is 0 Å². The minimum Gasteiger partial charge on any atom is -0.300 e. The molecule has 0 aliphatic carbocycles. The van der Waals surface area contributed by atoms with Gasteiger partial charge in [0, 0.05) is 10.3 Å². The molecule has 0 aromatic carbocycles. The Bertz CT molecular complexity index is 78.6. The predicted octanol–water partition coefficient (Wildman–Crippen LogP) is 2.18. The maximum Gasteiger partial charge on any atom is 0.129 e. The first-order chi connectivity index (χ1) is 3.63. The van der Waals surface area contributed by atoms with Crippen LogP contribution < -0.4 is 0 Å². The molecular weight excluding hydrogens is 215 g/mol. The largest absolute Gasteiger partial charge is 0.300 e.